The predicted molar refractivity (Wildman–Crippen MR) is 111 cm³/mol. The van der Waals surface area contributed by atoms with Crippen molar-refractivity contribution < 1.29 is 8.42 Å². The predicted octanol–water partition coefficient (Wildman–Crippen LogP) is 6.51. The topological polar surface area (TPSA) is 46.2 Å². The van der Waals surface area contributed by atoms with Gasteiger partial charge in [0.05, 0.1) is 4.90 Å². The largest absolute Gasteiger partial charge is 0.280 e. The Morgan fingerprint density at radius 1 is 0.808 bits per heavy atom. The number of rotatable bonds is 6. The van der Waals surface area contributed by atoms with Gasteiger partial charge in [-0.1, -0.05) is 65.3 Å². The second kappa shape index (κ2) is 8.01. The quantitative estimate of drug-likeness (QED) is 0.607. The second-order valence-corrected chi connectivity index (χ2v) is 9.66. The van der Waals surface area contributed by atoms with Gasteiger partial charge in [-0.15, -0.1) is 0 Å². The van der Waals surface area contributed by atoms with Gasteiger partial charge in [-0.3, -0.25) is 4.72 Å². The maximum Gasteiger partial charge on any atom is 0.262 e. The molecule has 0 heterocycles. The van der Waals surface area contributed by atoms with Gasteiger partial charge in [0.15, 0.2) is 0 Å². The molecule has 2 aromatic carbocycles. The van der Waals surface area contributed by atoms with Crippen LogP contribution in [-0.4, -0.2) is 8.42 Å². The van der Waals surface area contributed by atoms with Crippen molar-refractivity contribution in [3.05, 3.63) is 58.1 Å². The molecule has 5 heteroatoms. The lowest BCUT2D eigenvalue weighted by atomic mass is 9.89. The molecule has 0 aliphatic heterocycles. The highest BCUT2D eigenvalue weighted by Gasteiger charge is 2.27. The maximum absolute atomic E-state index is 13.3. The summed E-state index contributed by atoms with van der Waals surface area (Å²) in [7, 11) is -3.71. The Morgan fingerprint density at radius 3 is 1.65 bits per heavy atom. The molecule has 1 N–H and O–H groups in total. The van der Waals surface area contributed by atoms with Crippen LogP contribution < -0.4 is 4.72 Å². The first-order chi connectivity index (χ1) is 12.0. The lowest BCUT2D eigenvalue weighted by Gasteiger charge is -2.23. The monoisotopic (exact) mass is 393 g/mol. The Labute approximate surface area is 162 Å². The molecule has 26 heavy (non-hydrogen) atoms. The number of halogens is 1. The van der Waals surface area contributed by atoms with Crippen LogP contribution in [0.5, 0.6) is 0 Å². The minimum atomic E-state index is -3.71. The summed E-state index contributed by atoms with van der Waals surface area (Å²) in [6.45, 7) is 12.4. The van der Waals surface area contributed by atoms with Gasteiger partial charge < -0.3 is 0 Å². The van der Waals surface area contributed by atoms with Crippen LogP contribution in [0.3, 0.4) is 0 Å². The summed E-state index contributed by atoms with van der Waals surface area (Å²) in [6.07, 6.45) is 0. The van der Waals surface area contributed by atoms with Crippen LogP contribution in [0.25, 0.3) is 0 Å². The number of nitrogens with one attached hydrogen (secondary N) is 1. The molecule has 0 bridgehead atoms. The molecule has 2 rings (SSSR count). The molecule has 0 unspecified atom stereocenters. The summed E-state index contributed by atoms with van der Waals surface area (Å²) >= 11 is 5.90. The maximum atomic E-state index is 13.3. The van der Waals surface area contributed by atoms with Gasteiger partial charge in [-0.05, 0) is 58.7 Å². The van der Waals surface area contributed by atoms with Gasteiger partial charge in [0.1, 0.15) is 0 Å². The lowest BCUT2D eigenvalue weighted by Crippen LogP contribution is -2.19. The highest BCUT2D eigenvalue weighted by molar-refractivity contribution is 7.92. The lowest BCUT2D eigenvalue weighted by molar-refractivity contribution is 0.595. The van der Waals surface area contributed by atoms with E-state index in [4.69, 9.17) is 11.6 Å². The van der Waals surface area contributed by atoms with Crippen molar-refractivity contribution in [1.29, 1.82) is 0 Å². The summed E-state index contributed by atoms with van der Waals surface area (Å²) in [4.78, 5) is 0.404. The number of hydrogen-bond donors (Lipinski definition) is 1. The van der Waals surface area contributed by atoms with Crippen molar-refractivity contribution in [3.8, 4) is 0 Å². The van der Waals surface area contributed by atoms with Crippen LogP contribution in [0.15, 0.2) is 41.3 Å². The first-order valence-electron chi connectivity index (χ1n) is 8.99. The van der Waals surface area contributed by atoms with Gasteiger partial charge >= 0.3 is 0 Å². The number of hydrogen-bond acceptors (Lipinski definition) is 2. The van der Waals surface area contributed by atoms with Crippen molar-refractivity contribution in [2.75, 3.05) is 4.72 Å². The third kappa shape index (κ3) is 4.60. The highest BCUT2D eigenvalue weighted by atomic mass is 35.5. The molecule has 0 aliphatic carbocycles. The summed E-state index contributed by atoms with van der Waals surface area (Å²) in [5, 5.41) is 0.569. The molecular weight excluding hydrogens is 366 g/mol. The van der Waals surface area contributed by atoms with E-state index in [1.54, 1.807) is 24.3 Å². The van der Waals surface area contributed by atoms with Gasteiger partial charge in [0.2, 0.25) is 0 Å². The third-order valence-corrected chi connectivity index (χ3v) is 6.21. The Kier molecular flexibility index (Phi) is 6.41. The fourth-order valence-corrected chi connectivity index (χ4v) is 4.81. The van der Waals surface area contributed by atoms with Crippen molar-refractivity contribution >= 4 is 27.3 Å². The number of anilines is 1. The van der Waals surface area contributed by atoms with Crippen LogP contribution in [0.1, 0.15) is 76.0 Å². The first-order valence-corrected chi connectivity index (χ1v) is 10.8. The van der Waals surface area contributed by atoms with E-state index in [0.29, 0.717) is 21.5 Å². The molecule has 0 aliphatic rings. The zero-order valence-corrected chi connectivity index (χ0v) is 17.9. The average molecular weight is 394 g/mol. The van der Waals surface area contributed by atoms with E-state index in [1.807, 2.05) is 39.8 Å². The molecule has 2 aromatic rings. The van der Waals surface area contributed by atoms with Crippen LogP contribution >= 0.6 is 11.6 Å². The van der Waals surface area contributed by atoms with Gasteiger partial charge in [-0.2, -0.15) is 0 Å². The first kappa shape index (κ1) is 20.8. The van der Waals surface area contributed by atoms with Crippen LogP contribution in [0, 0.1) is 0 Å². The Morgan fingerprint density at radius 2 is 1.27 bits per heavy atom. The van der Waals surface area contributed by atoms with Crippen molar-refractivity contribution in [2.45, 2.75) is 64.2 Å². The van der Waals surface area contributed by atoms with E-state index in [9.17, 15) is 8.42 Å². The Bertz CT molecular complexity index is 840. The molecule has 0 atom stereocenters. The van der Waals surface area contributed by atoms with Crippen molar-refractivity contribution in [2.24, 2.45) is 0 Å². The summed E-state index contributed by atoms with van der Waals surface area (Å²) in [5.74, 6) is 0.539. The molecule has 0 amide bonds. The minimum Gasteiger partial charge on any atom is -0.280 e. The number of sulfonamides is 1. The van der Waals surface area contributed by atoms with E-state index in [2.05, 4.69) is 18.6 Å². The zero-order valence-electron chi connectivity index (χ0n) is 16.3. The van der Waals surface area contributed by atoms with E-state index >= 15 is 0 Å². The van der Waals surface area contributed by atoms with Gasteiger partial charge in [0, 0.05) is 10.7 Å². The molecular formula is C21H28ClNO2S. The summed E-state index contributed by atoms with van der Waals surface area (Å²) in [5.41, 5.74) is 3.40. The summed E-state index contributed by atoms with van der Waals surface area (Å²) in [6, 6.07) is 10.8. The molecule has 0 spiro atoms. The fourth-order valence-electron chi connectivity index (χ4n) is 2.92. The zero-order chi connectivity index (χ0) is 19.6. The molecule has 0 saturated heterocycles. The summed E-state index contributed by atoms with van der Waals surface area (Å²) < 4.78 is 29.3. The second-order valence-electron chi connectivity index (χ2n) is 7.60. The van der Waals surface area contributed by atoms with Gasteiger partial charge in [0.25, 0.3) is 10.0 Å². The smallest absolute Gasteiger partial charge is 0.262 e. The molecule has 0 fully saturated rings. The SMILES string of the molecule is CC(C)c1cc(C(C)C)c(S(=O)(=O)Nc2ccc(Cl)cc2)c(C(C)C)c1. The normalized spacial score (nSPS) is 12.2. The molecule has 142 valence electrons. The van der Waals surface area contributed by atoms with Crippen molar-refractivity contribution in [3.63, 3.8) is 0 Å². The van der Waals surface area contributed by atoms with E-state index in [1.165, 1.54) is 5.56 Å². The van der Waals surface area contributed by atoms with Crippen LogP contribution in [0.4, 0.5) is 5.69 Å². The number of benzene rings is 2. The van der Waals surface area contributed by atoms with Gasteiger partial charge in [-0.25, -0.2) is 8.42 Å². The Balaban J connectivity index is 2.66. The van der Waals surface area contributed by atoms with Crippen LogP contribution in [-0.2, 0) is 10.0 Å². The molecule has 0 radical (unpaired) electrons. The van der Waals surface area contributed by atoms with E-state index < -0.39 is 10.0 Å². The Hall–Kier alpha value is -1.52. The molecule has 0 saturated carbocycles. The standard InChI is InChI=1S/C21H28ClNO2S/c1-13(2)16-11-19(14(3)4)21(20(12-16)15(5)6)26(24,25)23-18-9-7-17(22)8-10-18/h7-15,23H,1-6H3. The fraction of sp³-hybridized carbons (Fsp3) is 0.429. The molecule has 3 nitrogen and oxygen atoms in total. The highest BCUT2D eigenvalue weighted by Crippen LogP contribution is 2.36. The van der Waals surface area contributed by atoms with Crippen molar-refractivity contribution in [1.82, 2.24) is 0 Å². The average Bonchev–Trinajstić information content (AvgIpc) is 2.55. The molecule has 0 aromatic heterocycles. The van der Waals surface area contributed by atoms with E-state index in [-0.39, 0.29) is 11.8 Å². The minimum absolute atomic E-state index is 0.1000. The third-order valence-electron chi connectivity index (χ3n) is 4.44. The van der Waals surface area contributed by atoms with Crippen LogP contribution in [0.2, 0.25) is 5.02 Å². The van der Waals surface area contributed by atoms with E-state index in [0.717, 1.165) is 11.1 Å².